The fourth-order valence-electron chi connectivity index (χ4n) is 4.04. The van der Waals surface area contributed by atoms with Gasteiger partial charge in [-0.3, -0.25) is 24.6 Å². The minimum atomic E-state index is -1.14. The Kier molecular flexibility index (Phi) is 5.17. The van der Waals surface area contributed by atoms with Crippen LogP contribution in [0, 0.1) is 10.1 Å². The fourth-order valence-corrected chi connectivity index (χ4v) is 4.04. The average molecular weight is 459 g/mol. The topological polar surface area (TPSA) is 132 Å². The molecule has 2 aliphatic rings. The van der Waals surface area contributed by atoms with Crippen molar-refractivity contribution in [2.75, 3.05) is 18.1 Å². The highest BCUT2D eigenvalue weighted by Crippen LogP contribution is 2.43. The van der Waals surface area contributed by atoms with Crippen molar-refractivity contribution in [2.24, 2.45) is 0 Å². The van der Waals surface area contributed by atoms with Crippen LogP contribution in [-0.2, 0) is 9.59 Å². The minimum absolute atomic E-state index is 0.169. The summed E-state index contributed by atoms with van der Waals surface area (Å²) in [5.74, 6) is -1.23. The van der Waals surface area contributed by atoms with Crippen molar-refractivity contribution in [2.45, 2.75) is 6.04 Å². The van der Waals surface area contributed by atoms with Gasteiger partial charge >= 0.3 is 5.91 Å². The number of rotatable bonds is 4. The minimum Gasteiger partial charge on any atom is -0.507 e. The fraction of sp³-hybridized carbons (Fsp3) is 0.125. The molecule has 1 unspecified atom stereocenters. The number of nitro benzene ring substituents is 1. The predicted molar refractivity (Wildman–Crippen MR) is 120 cm³/mol. The molecule has 0 spiro atoms. The van der Waals surface area contributed by atoms with Gasteiger partial charge in [-0.25, -0.2) is 4.98 Å². The Bertz CT molecular complexity index is 1350. The highest BCUT2D eigenvalue weighted by atomic mass is 16.6. The number of pyridine rings is 1. The number of nitrogens with zero attached hydrogens (tertiary/aromatic N) is 3. The molecular weight excluding hydrogens is 442 g/mol. The number of ketones is 1. The second-order valence-corrected chi connectivity index (χ2v) is 7.57. The van der Waals surface area contributed by atoms with Crippen LogP contribution in [0.25, 0.3) is 5.76 Å². The van der Waals surface area contributed by atoms with Crippen molar-refractivity contribution in [1.29, 1.82) is 0 Å². The number of carbonyl (C=O) groups excluding carboxylic acids is 2. The molecule has 10 heteroatoms. The van der Waals surface area contributed by atoms with Crippen LogP contribution in [0.1, 0.15) is 17.2 Å². The largest absolute Gasteiger partial charge is 0.507 e. The van der Waals surface area contributed by atoms with E-state index < -0.39 is 28.4 Å². The maximum atomic E-state index is 13.2. The van der Waals surface area contributed by atoms with Gasteiger partial charge in [-0.2, -0.15) is 0 Å². The van der Waals surface area contributed by atoms with Gasteiger partial charge in [0.15, 0.2) is 11.5 Å². The van der Waals surface area contributed by atoms with E-state index in [1.54, 1.807) is 36.4 Å². The van der Waals surface area contributed by atoms with Gasteiger partial charge in [0.2, 0.25) is 0 Å². The van der Waals surface area contributed by atoms with E-state index in [0.717, 1.165) is 4.90 Å². The predicted octanol–water partition coefficient (Wildman–Crippen LogP) is 3.39. The van der Waals surface area contributed by atoms with E-state index in [0.29, 0.717) is 24.7 Å². The summed E-state index contributed by atoms with van der Waals surface area (Å²) < 4.78 is 11.1. The van der Waals surface area contributed by atoms with E-state index in [2.05, 4.69) is 4.98 Å². The molecule has 5 rings (SSSR count). The molecule has 0 bridgehead atoms. The Labute approximate surface area is 192 Å². The number of anilines is 1. The zero-order valence-electron chi connectivity index (χ0n) is 17.6. The lowest BCUT2D eigenvalue weighted by Gasteiger charge is -2.24. The third-order valence-electron chi connectivity index (χ3n) is 5.55. The van der Waals surface area contributed by atoms with Crippen LogP contribution >= 0.6 is 0 Å². The zero-order valence-corrected chi connectivity index (χ0v) is 17.6. The highest BCUT2D eigenvalue weighted by molar-refractivity contribution is 6.51. The Morgan fingerprint density at radius 1 is 1.03 bits per heavy atom. The van der Waals surface area contributed by atoms with E-state index in [1.165, 1.54) is 30.5 Å². The van der Waals surface area contributed by atoms with Crippen LogP contribution < -0.4 is 14.4 Å². The Morgan fingerprint density at radius 3 is 2.56 bits per heavy atom. The molecule has 34 heavy (non-hydrogen) atoms. The smallest absolute Gasteiger partial charge is 0.301 e. The molecule has 1 fully saturated rings. The first-order valence-electron chi connectivity index (χ1n) is 10.3. The Morgan fingerprint density at radius 2 is 1.82 bits per heavy atom. The number of aliphatic hydroxyl groups excluding tert-OH is 1. The summed E-state index contributed by atoms with van der Waals surface area (Å²) in [6.45, 7) is 0.718. The van der Waals surface area contributed by atoms with Crippen molar-refractivity contribution in [1.82, 2.24) is 4.98 Å². The van der Waals surface area contributed by atoms with Gasteiger partial charge in [0.05, 0.1) is 16.5 Å². The molecule has 1 amide bonds. The van der Waals surface area contributed by atoms with Crippen LogP contribution in [0.15, 0.2) is 72.4 Å². The Balaban J connectivity index is 1.71. The Hall–Kier alpha value is -4.73. The van der Waals surface area contributed by atoms with Crippen LogP contribution in [0.5, 0.6) is 11.5 Å². The average Bonchev–Trinajstić information content (AvgIpc) is 3.14. The quantitative estimate of drug-likeness (QED) is 0.206. The first-order valence-corrected chi connectivity index (χ1v) is 10.3. The van der Waals surface area contributed by atoms with Crippen molar-refractivity contribution in [3.05, 3.63) is 93.7 Å². The molecule has 1 N–H and O–H groups in total. The van der Waals surface area contributed by atoms with Gasteiger partial charge in [-0.1, -0.05) is 18.2 Å². The van der Waals surface area contributed by atoms with Crippen molar-refractivity contribution in [3.8, 4) is 11.5 Å². The van der Waals surface area contributed by atoms with Gasteiger partial charge in [0, 0.05) is 23.9 Å². The number of aromatic nitrogens is 1. The number of carbonyl (C=O) groups is 2. The van der Waals surface area contributed by atoms with Gasteiger partial charge in [-0.15, -0.1) is 0 Å². The molecule has 10 nitrogen and oxygen atoms in total. The van der Waals surface area contributed by atoms with Gasteiger partial charge in [-0.05, 0) is 35.9 Å². The summed E-state index contributed by atoms with van der Waals surface area (Å²) in [5, 5.41) is 22.6. The van der Waals surface area contributed by atoms with Crippen molar-refractivity contribution >= 4 is 29.0 Å². The summed E-state index contributed by atoms with van der Waals surface area (Å²) in [6.07, 6.45) is 1.46. The van der Waals surface area contributed by atoms with Crippen molar-refractivity contribution in [3.63, 3.8) is 0 Å². The lowest BCUT2D eigenvalue weighted by atomic mass is 9.95. The van der Waals surface area contributed by atoms with E-state index in [1.807, 2.05) is 0 Å². The summed E-state index contributed by atoms with van der Waals surface area (Å²) >= 11 is 0. The molecule has 170 valence electrons. The summed E-state index contributed by atoms with van der Waals surface area (Å²) in [7, 11) is 0. The molecule has 0 aliphatic carbocycles. The van der Waals surface area contributed by atoms with E-state index >= 15 is 0 Å². The number of aliphatic hydroxyl groups is 1. The third-order valence-corrected chi connectivity index (χ3v) is 5.55. The number of benzene rings is 2. The number of Topliss-reactive ketones (excluding diaryl/α,β-unsaturated/α-hetero) is 1. The second kappa shape index (κ2) is 8.32. The standard InChI is InChI=1S/C24H17N3O7/c28-22(15-7-8-17-18(13-15)34-11-10-33-17)20-21(14-4-3-5-16(12-14)27(31)32)26(24(30)23(20)29)19-6-1-2-9-25-19/h1-9,12-13,21,28H,10-11H2/b22-20+. The van der Waals surface area contributed by atoms with E-state index in [9.17, 15) is 24.8 Å². The van der Waals surface area contributed by atoms with Crippen LogP contribution in [0.4, 0.5) is 11.5 Å². The third kappa shape index (κ3) is 3.51. The van der Waals surface area contributed by atoms with Crippen LogP contribution in [0.3, 0.4) is 0 Å². The summed E-state index contributed by atoms with van der Waals surface area (Å²) in [4.78, 5) is 42.4. The van der Waals surface area contributed by atoms with Gasteiger partial charge in [0.25, 0.3) is 11.5 Å². The molecular formula is C24H17N3O7. The first kappa shape index (κ1) is 21.1. The first-order chi connectivity index (χ1) is 16.5. The maximum Gasteiger partial charge on any atom is 0.301 e. The molecule has 0 radical (unpaired) electrons. The molecule has 2 aliphatic heterocycles. The van der Waals surface area contributed by atoms with Crippen LogP contribution in [0.2, 0.25) is 0 Å². The number of hydrogen-bond acceptors (Lipinski definition) is 8. The number of ether oxygens (including phenoxy) is 2. The number of non-ortho nitro benzene ring substituents is 1. The number of nitro groups is 1. The lowest BCUT2D eigenvalue weighted by Crippen LogP contribution is -2.30. The summed E-state index contributed by atoms with van der Waals surface area (Å²) in [6, 6.07) is 13.9. The van der Waals surface area contributed by atoms with Gasteiger partial charge < -0.3 is 14.6 Å². The molecule has 1 atom stereocenters. The molecule has 3 aromatic rings. The van der Waals surface area contributed by atoms with Crippen molar-refractivity contribution < 1.29 is 29.1 Å². The molecule has 2 aromatic carbocycles. The zero-order chi connectivity index (χ0) is 23.8. The SMILES string of the molecule is O=C1C(=O)N(c2ccccn2)C(c2cccc([N+](=O)[O-])c2)/C1=C(\O)c1ccc2c(c1)OCCO2. The molecule has 1 aromatic heterocycles. The molecule has 0 saturated carbocycles. The number of fused-ring (bicyclic) bond motifs is 1. The lowest BCUT2D eigenvalue weighted by molar-refractivity contribution is -0.384. The number of amides is 1. The van der Waals surface area contributed by atoms with E-state index in [4.69, 9.17) is 9.47 Å². The second-order valence-electron chi connectivity index (χ2n) is 7.57. The normalized spacial score (nSPS) is 18.7. The molecule has 1 saturated heterocycles. The summed E-state index contributed by atoms with van der Waals surface area (Å²) in [5.41, 5.74) is 0.0770. The van der Waals surface area contributed by atoms with Crippen LogP contribution in [-0.4, -0.2) is 39.9 Å². The molecule has 3 heterocycles. The maximum absolute atomic E-state index is 13.2. The highest BCUT2D eigenvalue weighted by Gasteiger charge is 2.47. The van der Waals surface area contributed by atoms with E-state index in [-0.39, 0.29) is 28.2 Å². The number of hydrogen-bond donors (Lipinski definition) is 1. The van der Waals surface area contributed by atoms with Gasteiger partial charge in [0.1, 0.15) is 24.8 Å². The monoisotopic (exact) mass is 459 g/mol.